The Hall–Kier alpha value is -1.16. The summed E-state index contributed by atoms with van der Waals surface area (Å²) in [5, 5.41) is 3.41. The van der Waals surface area contributed by atoms with Crippen molar-refractivity contribution in [3.05, 3.63) is 23.5 Å². The highest BCUT2D eigenvalue weighted by atomic mass is 19.1. The van der Waals surface area contributed by atoms with E-state index in [1.807, 2.05) is 19.1 Å². The third-order valence-corrected chi connectivity index (χ3v) is 2.74. The molecule has 1 N–H and O–H groups in total. The quantitative estimate of drug-likeness (QED) is 0.741. The molecule has 1 aromatic rings. The van der Waals surface area contributed by atoms with Crippen LogP contribution in [-0.2, 0) is 6.54 Å². The Labute approximate surface area is 101 Å². The normalized spacial score (nSPS) is 14.9. The van der Waals surface area contributed by atoms with Crippen molar-refractivity contribution in [2.45, 2.75) is 38.8 Å². The first-order valence-electron chi connectivity index (χ1n) is 6.18. The highest BCUT2D eigenvalue weighted by molar-refractivity contribution is 5.29. The van der Waals surface area contributed by atoms with Gasteiger partial charge in [-0.3, -0.25) is 9.37 Å². The van der Waals surface area contributed by atoms with Crippen LogP contribution in [-0.4, -0.2) is 24.3 Å². The Morgan fingerprint density at radius 1 is 1.47 bits per heavy atom. The number of hydrogen-bond donors (Lipinski definition) is 1. The molecule has 3 nitrogen and oxygen atoms in total. The minimum absolute atomic E-state index is 0.338. The SMILES string of the molecule is Cc1ccc(OCCCF)c(CNC2CC2)n1. The Bertz CT molecular complexity index is 366. The van der Waals surface area contributed by atoms with Gasteiger partial charge in [0.2, 0.25) is 0 Å². The van der Waals surface area contributed by atoms with Gasteiger partial charge in [-0.1, -0.05) is 0 Å². The first-order chi connectivity index (χ1) is 8.29. The fourth-order valence-corrected chi connectivity index (χ4v) is 1.62. The van der Waals surface area contributed by atoms with Crippen molar-refractivity contribution in [2.24, 2.45) is 0 Å². The third kappa shape index (κ3) is 3.97. The van der Waals surface area contributed by atoms with Gasteiger partial charge in [-0.25, -0.2) is 0 Å². The zero-order valence-corrected chi connectivity index (χ0v) is 10.2. The van der Waals surface area contributed by atoms with E-state index in [0.717, 1.165) is 23.7 Å². The zero-order valence-electron chi connectivity index (χ0n) is 10.2. The predicted octanol–water partition coefficient (Wildman–Crippen LogP) is 2.38. The van der Waals surface area contributed by atoms with Crippen molar-refractivity contribution in [1.29, 1.82) is 0 Å². The molecule has 94 valence electrons. The fourth-order valence-electron chi connectivity index (χ4n) is 1.62. The maximum atomic E-state index is 12.0. The number of halogens is 1. The number of nitrogens with zero attached hydrogens (tertiary/aromatic N) is 1. The lowest BCUT2D eigenvalue weighted by atomic mass is 10.2. The summed E-state index contributed by atoms with van der Waals surface area (Å²) in [5.74, 6) is 0.775. The molecule has 0 spiro atoms. The molecule has 1 saturated carbocycles. The molecule has 1 aliphatic carbocycles. The standard InChI is InChI=1S/C13H19FN2O/c1-10-3-6-13(17-8-2-7-14)12(16-10)9-15-11-4-5-11/h3,6,11,15H,2,4-5,7-9H2,1H3. The number of rotatable bonds is 7. The van der Waals surface area contributed by atoms with Gasteiger partial charge in [0.25, 0.3) is 0 Å². The largest absolute Gasteiger partial charge is 0.492 e. The van der Waals surface area contributed by atoms with Crippen LogP contribution in [0.15, 0.2) is 12.1 Å². The Balaban J connectivity index is 1.95. The smallest absolute Gasteiger partial charge is 0.142 e. The highest BCUT2D eigenvalue weighted by Gasteiger charge is 2.21. The molecule has 1 aromatic heterocycles. The summed E-state index contributed by atoms with van der Waals surface area (Å²) in [6.07, 6.45) is 2.94. The van der Waals surface area contributed by atoms with Crippen LogP contribution in [0.4, 0.5) is 4.39 Å². The van der Waals surface area contributed by atoms with Gasteiger partial charge in [0, 0.05) is 24.7 Å². The summed E-state index contributed by atoms with van der Waals surface area (Å²) >= 11 is 0. The molecule has 4 heteroatoms. The van der Waals surface area contributed by atoms with Gasteiger partial charge in [0.05, 0.1) is 19.0 Å². The van der Waals surface area contributed by atoms with E-state index in [9.17, 15) is 4.39 Å². The lowest BCUT2D eigenvalue weighted by Crippen LogP contribution is -2.17. The monoisotopic (exact) mass is 238 g/mol. The minimum Gasteiger partial charge on any atom is -0.492 e. The van der Waals surface area contributed by atoms with Crippen LogP contribution in [0.3, 0.4) is 0 Å². The average molecular weight is 238 g/mol. The molecular weight excluding hydrogens is 219 g/mol. The molecular formula is C13H19FN2O. The van der Waals surface area contributed by atoms with E-state index in [1.165, 1.54) is 12.8 Å². The second kappa shape index (κ2) is 5.96. The predicted molar refractivity (Wildman–Crippen MR) is 64.9 cm³/mol. The van der Waals surface area contributed by atoms with E-state index in [0.29, 0.717) is 19.1 Å². The van der Waals surface area contributed by atoms with Crippen LogP contribution in [0.2, 0.25) is 0 Å². The summed E-state index contributed by atoms with van der Waals surface area (Å²) in [6, 6.07) is 4.49. The molecule has 1 fully saturated rings. The highest BCUT2D eigenvalue weighted by Crippen LogP contribution is 2.22. The summed E-state index contributed by atoms with van der Waals surface area (Å²) in [6.45, 7) is 2.77. The second-order valence-electron chi connectivity index (χ2n) is 4.44. The van der Waals surface area contributed by atoms with Crippen molar-refractivity contribution in [1.82, 2.24) is 10.3 Å². The van der Waals surface area contributed by atoms with E-state index in [4.69, 9.17) is 4.74 Å². The Morgan fingerprint density at radius 3 is 3.00 bits per heavy atom. The Morgan fingerprint density at radius 2 is 2.29 bits per heavy atom. The van der Waals surface area contributed by atoms with Crippen LogP contribution >= 0.6 is 0 Å². The lowest BCUT2D eigenvalue weighted by molar-refractivity contribution is 0.285. The van der Waals surface area contributed by atoms with Gasteiger partial charge in [0.1, 0.15) is 5.75 Å². The molecule has 17 heavy (non-hydrogen) atoms. The minimum atomic E-state index is -0.338. The van der Waals surface area contributed by atoms with E-state index in [1.54, 1.807) is 0 Å². The van der Waals surface area contributed by atoms with Gasteiger partial charge in [-0.15, -0.1) is 0 Å². The molecule has 0 atom stereocenters. The number of pyridine rings is 1. The Kier molecular flexibility index (Phi) is 4.31. The van der Waals surface area contributed by atoms with Crippen molar-refractivity contribution in [3.63, 3.8) is 0 Å². The molecule has 0 bridgehead atoms. The van der Waals surface area contributed by atoms with E-state index < -0.39 is 0 Å². The second-order valence-corrected chi connectivity index (χ2v) is 4.44. The molecule has 0 radical (unpaired) electrons. The van der Waals surface area contributed by atoms with Crippen molar-refractivity contribution < 1.29 is 9.13 Å². The van der Waals surface area contributed by atoms with Crippen molar-refractivity contribution >= 4 is 0 Å². The van der Waals surface area contributed by atoms with Crippen molar-refractivity contribution in [2.75, 3.05) is 13.3 Å². The topological polar surface area (TPSA) is 34.1 Å². The lowest BCUT2D eigenvalue weighted by Gasteiger charge is -2.11. The fraction of sp³-hybridized carbons (Fsp3) is 0.615. The van der Waals surface area contributed by atoms with Gasteiger partial charge in [-0.2, -0.15) is 0 Å². The van der Waals surface area contributed by atoms with Crippen LogP contribution < -0.4 is 10.1 Å². The number of aryl methyl sites for hydroxylation is 1. The third-order valence-electron chi connectivity index (χ3n) is 2.74. The number of aromatic nitrogens is 1. The van der Waals surface area contributed by atoms with Crippen LogP contribution in [0.1, 0.15) is 30.7 Å². The number of hydrogen-bond acceptors (Lipinski definition) is 3. The summed E-state index contributed by atoms with van der Waals surface area (Å²) in [7, 11) is 0. The van der Waals surface area contributed by atoms with E-state index >= 15 is 0 Å². The van der Waals surface area contributed by atoms with Crippen LogP contribution in [0.25, 0.3) is 0 Å². The summed E-state index contributed by atoms with van der Waals surface area (Å²) < 4.78 is 17.6. The molecule has 1 heterocycles. The van der Waals surface area contributed by atoms with Gasteiger partial charge in [0.15, 0.2) is 0 Å². The number of alkyl halides is 1. The molecule has 0 unspecified atom stereocenters. The van der Waals surface area contributed by atoms with Crippen LogP contribution in [0.5, 0.6) is 5.75 Å². The van der Waals surface area contributed by atoms with Gasteiger partial charge in [-0.05, 0) is 31.9 Å². The van der Waals surface area contributed by atoms with Gasteiger partial charge < -0.3 is 10.1 Å². The molecule has 1 aliphatic rings. The van der Waals surface area contributed by atoms with E-state index in [-0.39, 0.29) is 6.67 Å². The molecule has 0 amide bonds. The zero-order chi connectivity index (χ0) is 12.1. The number of ether oxygens (including phenoxy) is 1. The first-order valence-corrected chi connectivity index (χ1v) is 6.18. The maximum Gasteiger partial charge on any atom is 0.142 e. The van der Waals surface area contributed by atoms with Crippen LogP contribution in [0, 0.1) is 6.92 Å². The molecule has 2 rings (SSSR count). The summed E-state index contributed by atoms with van der Waals surface area (Å²) in [5.41, 5.74) is 1.91. The average Bonchev–Trinajstić information content (AvgIpc) is 3.13. The first kappa shape index (κ1) is 12.3. The molecule has 0 saturated heterocycles. The maximum absolute atomic E-state index is 12.0. The van der Waals surface area contributed by atoms with Gasteiger partial charge >= 0.3 is 0 Å². The van der Waals surface area contributed by atoms with E-state index in [2.05, 4.69) is 10.3 Å². The number of nitrogens with one attached hydrogen (secondary N) is 1. The van der Waals surface area contributed by atoms with Crippen molar-refractivity contribution in [3.8, 4) is 5.75 Å². The summed E-state index contributed by atoms with van der Waals surface area (Å²) in [4.78, 5) is 4.47. The molecule has 0 aromatic carbocycles. The molecule has 0 aliphatic heterocycles.